The molecule has 1 aromatic heterocycles. The zero-order valence-corrected chi connectivity index (χ0v) is 12.1. The molecule has 3 rings (SSSR count). The van der Waals surface area contributed by atoms with Gasteiger partial charge in [-0.15, -0.1) is 0 Å². The molecule has 0 radical (unpaired) electrons. The summed E-state index contributed by atoms with van der Waals surface area (Å²) >= 11 is 0. The van der Waals surface area contributed by atoms with E-state index in [1.165, 1.54) is 6.07 Å². The van der Waals surface area contributed by atoms with Crippen molar-refractivity contribution in [1.29, 1.82) is 0 Å². The number of amides is 1. The molecule has 1 unspecified atom stereocenters. The number of piperazine rings is 1. The van der Waals surface area contributed by atoms with Crippen LogP contribution in [0, 0.1) is 0 Å². The summed E-state index contributed by atoms with van der Waals surface area (Å²) in [6.07, 6.45) is 1.70. The largest absolute Gasteiger partial charge is 0.338 e. The average Bonchev–Trinajstić information content (AvgIpc) is 2.50. The highest BCUT2D eigenvalue weighted by atomic mass is 16.2. The second-order valence-electron chi connectivity index (χ2n) is 5.52. The van der Waals surface area contributed by atoms with E-state index in [-0.39, 0.29) is 17.9 Å². The van der Waals surface area contributed by atoms with Crippen LogP contribution in [0.3, 0.4) is 0 Å². The summed E-state index contributed by atoms with van der Waals surface area (Å²) in [6.45, 7) is 4.65. The molecule has 1 amide bonds. The average molecular weight is 285 g/mol. The van der Waals surface area contributed by atoms with E-state index in [0.717, 1.165) is 25.2 Å². The lowest BCUT2D eigenvalue weighted by Crippen LogP contribution is -2.52. The number of para-hydroxylation sites is 1. The van der Waals surface area contributed by atoms with Crippen LogP contribution >= 0.6 is 0 Å². The van der Waals surface area contributed by atoms with Crippen LogP contribution in [0.2, 0.25) is 0 Å². The Morgan fingerprint density at radius 3 is 2.95 bits per heavy atom. The van der Waals surface area contributed by atoms with Crippen LogP contribution in [0.5, 0.6) is 0 Å². The van der Waals surface area contributed by atoms with Gasteiger partial charge in [0.2, 0.25) is 5.91 Å². The van der Waals surface area contributed by atoms with Gasteiger partial charge < -0.3 is 14.8 Å². The van der Waals surface area contributed by atoms with Crippen LogP contribution in [0.15, 0.2) is 41.3 Å². The van der Waals surface area contributed by atoms with E-state index in [0.29, 0.717) is 11.4 Å². The van der Waals surface area contributed by atoms with E-state index in [4.69, 9.17) is 0 Å². The number of hydrogen-bond donors (Lipinski definition) is 1. The predicted octanol–water partition coefficient (Wildman–Crippen LogP) is 0.822. The van der Waals surface area contributed by atoms with Crippen LogP contribution in [0.25, 0.3) is 10.9 Å². The Balaban J connectivity index is 1.86. The number of benzene rings is 1. The van der Waals surface area contributed by atoms with Gasteiger partial charge in [0.05, 0.1) is 5.52 Å². The fourth-order valence-electron chi connectivity index (χ4n) is 2.80. The summed E-state index contributed by atoms with van der Waals surface area (Å²) in [6, 6.07) is 9.25. The molecule has 5 heteroatoms. The first-order valence-corrected chi connectivity index (χ1v) is 7.24. The zero-order chi connectivity index (χ0) is 14.8. The number of nitrogens with zero attached hydrogens (tertiary/aromatic N) is 2. The first-order chi connectivity index (χ1) is 10.1. The Bertz CT molecular complexity index is 723. The van der Waals surface area contributed by atoms with Gasteiger partial charge in [-0.1, -0.05) is 12.1 Å². The van der Waals surface area contributed by atoms with Gasteiger partial charge in [-0.2, -0.15) is 0 Å². The molecular weight excluding hydrogens is 266 g/mol. The molecule has 1 fully saturated rings. The maximum Gasteiger partial charge on any atom is 0.242 e. The molecule has 5 nitrogen and oxygen atoms in total. The second kappa shape index (κ2) is 5.69. The van der Waals surface area contributed by atoms with Crippen molar-refractivity contribution in [3.05, 3.63) is 46.8 Å². The first kappa shape index (κ1) is 13.8. The third-order valence-electron chi connectivity index (χ3n) is 3.91. The van der Waals surface area contributed by atoms with Crippen molar-refractivity contribution in [3.8, 4) is 0 Å². The van der Waals surface area contributed by atoms with Gasteiger partial charge in [0.25, 0.3) is 0 Å². The van der Waals surface area contributed by atoms with Crippen LogP contribution in [-0.4, -0.2) is 41.1 Å². The second-order valence-corrected chi connectivity index (χ2v) is 5.52. The number of aromatic nitrogens is 1. The standard InChI is InChI=1S/C16H19N3O2/c1-12-10-19(9-7-17-12)16(21)11-18-8-6-15(20)13-4-2-3-5-14(13)18/h2-6,8,12,17H,7,9-11H2,1H3. The summed E-state index contributed by atoms with van der Waals surface area (Å²) in [5.74, 6) is 0.0946. The number of pyridine rings is 1. The summed E-state index contributed by atoms with van der Waals surface area (Å²) < 4.78 is 1.85. The number of nitrogens with one attached hydrogen (secondary N) is 1. The van der Waals surface area contributed by atoms with Gasteiger partial charge in [0.15, 0.2) is 5.43 Å². The quantitative estimate of drug-likeness (QED) is 0.889. The molecule has 2 aromatic rings. The van der Waals surface area contributed by atoms with Crippen molar-refractivity contribution < 1.29 is 4.79 Å². The monoisotopic (exact) mass is 285 g/mol. The van der Waals surface area contributed by atoms with Crippen LogP contribution in [0.4, 0.5) is 0 Å². The Kier molecular flexibility index (Phi) is 3.75. The number of carbonyl (C=O) groups is 1. The molecule has 0 aliphatic carbocycles. The van der Waals surface area contributed by atoms with Gasteiger partial charge in [0, 0.05) is 43.3 Å². The highest BCUT2D eigenvalue weighted by Gasteiger charge is 2.20. The van der Waals surface area contributed by atoms with E-state index in [1.807, 2.05) is 27.7 Å². The topological polar surface area (TPSA) is 54.3 Å². The van der Waals surface area contributed by atoms with Crippen molar-refractivity contribution in [1.82, 2.24) is 14.8 Å². The maximum atomic E-state index is 12.4. The Morgan fingerprint density at radius 1 is 1.33 bits per heavy atom. The van der Waals surface area contributed by atoms with E-state index in [2.05, 4.69) is 12.2 Å². The molecule has 2 heterocycles. The Labute approximate surface area is 123 Å². The van der Waals surface area contributed by atoms with Crippen molar-refractivity contribution in [2.24, 2.45) is 0 Å². The van der Waals surface area contributed by atoms with Gasteiger partial charge >= 0.3 is 0 Å². The number of fused-ring (bicyclic) bond motifs is 1. The van der Waals surface area contributed by atoms with Crippen LogP contribution in [0.1, 0.15) is 6.92 Å². The van der Waals surface area contributed by atoms with Crippen LogP contribution in [-0.2, 0) is 11.3 Å². The lowest BCUT2D eigenvalue weighted by atomic mass is 10.2. The predicted molar refractivity (Wildman–Crippen MR) is 82.3 cm³/mol. The molecule has 1 aromatic carbocycles. The first-order valence-electron chi connectivity index (χ1n) is 7.24. The Hall–Kier alpha value is -2.14. The number of carbonyl (C=O) groups excluding carboxylic acids is 1. The molecule has 1 N–H and O–H groups in total. The third-order valence-corrected chi connectivity index (χ3v) is 3.91. The highest BCUT2D eigenvalue weighted by Crippen LogP contribution is 2.10. The third kappa shape index (κ3) is 2.83. The van der Waals surface area contributed by atoms with Crippen molar-refractivity contribution in [2.45, 2.75) is 19.5 Å². The molecule has 1 aliphatic heterocycles. The van der Waals surface area contributed by atoms with Crippen molar-refractivity contribution in [3.63, 3.8) is 0 Å². The van der Waals surface area contributed by atoms with E-state index in [9.17, 15) is 9.59 Å². The summed E-state index contributed by atoms with van der Waals surface area (Å²) in [5.41, 5.74) is 0.798. The van der Waals surface area contributed by atoms with Gasteiger partial charge in [-0.05, 0) is 19.1 Å². The highest BCUT2D eigenvalue weighted by molar-refractivity contribution is 5.82. The maximum absolute atomic E-state index is 12.4. The number of rotatable bonds is 2. The lowest BCUT2D eigenvalue weighted by Gasteiger charge is -2.32. The van der Waals surface area contributed by atoms with Crippen LogP contribution < -0.4 is 10.7 Å². The van der Waals surface area contributed by atoms with Gasteiger partial charge in [-0.25, -0.2) is 0 Å². The zero-order valence-electron chi connectivity index (χ0n) is 12.1. The molecule has 0 spiro atoms. The minimum absolute atomic E-state index is 0.00917. The lowest BCUT2D eigenvalue weighted by molar-refractivity contribution is -0.132. The summed E-state index contributed by atoms with van der Waals surface area (Å²) in [7, 11) is 0. The molecule has 1 atom stereocenters. The summed E-state index contributed by atoms with van der Waals surface area (Å²) in [5, 5.41) is 3.98. The Morgan fingerprint density at radius 2 is 2.14 bits per heavy atom. The SMILES string of the molecule is CC1CN(C(=O)Cn2ccc(=O)c3ccccc32)CCN1. The molecular formula is C16H19N3O2. The molecule has 110 valence electrons. The van der Waals surface area contributed by atoms with Crippen molar-refractivity contribution >= 4 is 16.8 Å². The van der Waals surface area contributed by atoms with E-state index < -0.39 is 0 Å². The molecule has 21 heavy (non-hydrogen) atoms. The molecule has 0 saturated carbocycles. The summed E-state index contributed by atoms with van der Waals surface area (Å²) in [4.78, 5) is 26.2. The molecule has 1 aliphatic rings. The normalized spacial score (nSPS) is 18.9. The smallest absolute Gasteiger partial charge is 0.242 e. The van der Waals surface area contributed by atoms with Gasteiger partial charge in [0.1, 0.15) is 6.54 Å². The fraction of sp³-hybridized carbons (Fsp3) is 0.375. The minimum Gasteiger partial charge on any atom is -0.338 e. The van der Waals surface area contributed by atoms with E-state index >= 15 is 0 Å². The fourth-order valence-corrected chi connectivity index (χ4v) is 2.80. The molecule has 0 bridgehead atoms. The number of hydrogen-bond acceptors (Lipinski definition) is 3. The minimum atomic E-state index is -0.00917. The molecule has 1 saturated heterocycles. The van der Waals surface area contributed by atoms with Crippen molar-refractivity contribution in [2.75, 3.05) is 19.6 Å². The van der Waals surface area contributed by atoms with Gasteiger partial charge in [-0.3, -0.25) is 9.59 Å². The van der Waals surface area contributed by atoms with E-state index in [1.54, 1.807) is 12.3 Å².